The largest absolute Gasteiger partial charge is 0.365 e. The number of hydrogen-bond acceptors (Lipinski definition) is 4. The van der Waals surface area contributed by atoms with E-state index in [4.69, 9.17) is 4.74 Å². The Labute approximate surface area is 156 Å². The average molecular weight is 357 g/mol. The van der Waals surface area contributed by atoms with Crippen molar-refractivity contribution >= 4 is 5.91 Å². The van der Waals surface area contributed by atoms with Gasteiger partial charge in [0.1, 0.15) is 0 Å². The van der Waals surface area contributed by atoms with Gasteiger partial charge in [0.2, 0.25) is 0 Å². The van der Waals surface area contributed by atoms with E-state index in [2.05, 4.69) is 47.9 Å². The van der Waals surface area contributed by atoms with Crippen molar-refractivity contribution < 1.29 is 9.53 Å². The molecule has 0 bridgehead atoms. The third-order valence-corrected chi connectivity index (χ3v) is 6.05. The standard InChI is InChI=1S/C21H31N3O2/c1-16(2)22-10-12-23(13-11-22)21(25)20-19(17-6-4-3-5-7-17)24(14-15-26-20)18-8-9-18/h3-7,16,18-20H,8-15H2,1-2H3/t19-,20+/m0/s1. The minimum absolute atomic E-state index is 0.0491. The summed E-state index contributed by atoms with van der Waals surface area (Å²) in [5, 5.41) is 0. The molecule has 5 heteroatoms. The van der Waals surface area contributed by atoms with E-state index < -0.39 is 0 Å². The molecule has 26 heavy (non-hydrogen) atoms. The average Bonchev–Trinajstić information content (AvgIpc) is 3.53. The lowest BCUT2D eigenvalue weighted by molar-refractivity contribution is -0.159. The van der Waals surface area contributed by atoms with E-state index in [1.165, 1.54) is 18.4 Å². The van der Waals surface area contributed by atoms with Crippen molar-refractivity contribution in [1.82, 2.24) is 14.7 Å². The molecule has 0 unspecified atom stereocenters. The maximum absolute atomic E-state index is 13.4. The SMILES string of the molecule is CC(C)N1CCN(C(=O)[C@@H]2OCCN(C3CC3)[C@H]2c2ccccc2)CC1. The molecule has 142 valence electrons. The Morgan fingerprint density at radius 2 is 1.73 bits per heavy atom. The molecular weight excluding hydrogens is 326 g/mol. The Hall–Kier alpha value is -1.43. The number of ether oxygens (including phenoxy) is 1. The highest BCUT2D eigenvalue weighted by Crippen LogP contribution is 2.39. The molecule has 3 fully saturated rings. The molecular formula is C21H31N3O2. The van der Waals surface area contributed by atoms with Crippen LogP contribution in [-0.2, 0) is 9.53 Å². The quantitative estimate of drug-likeness (QED) is 0.827. The summed E-state index contributed by atoms with van der Waals surface area (Å²) in [6.07, 6.45) is 2.12. The van der Waals surface area contributed by atoms with Gasteiger partial charge in [-0.1, -0.05) is 30.3 Å². The molecule has 1 saturated carbocycles. The Kier molecular flexibility index (Phi) is 5.30. The zero-order chi connectivity index (χ0) is 18.1. The van der Waals surface area contributed by atoms with E-state index >= 15 is 0 Å². The van der Waals surface area contributed by atoms with Gasteiger partial charge in [-0.25, -0.2) is 0 Å². The van der Waals surface area contributed by atoms with Gasteiger partial charge in [0.15, 0.2) is 6.10 Å². The fourth-order valence-electron chi connectivity index (χ4n) is 4.37. The van der Waals surface area contributed by atoms with Crippen LogP contribution in [0.4, 0.5) is 0 Å². The summed E-state index contributed by atoms with van der Waals surface area (Å²) in [6.45, 7) is 9.55. The molecule has 2 heterocycles. The number of amides is 1. The molecule has 1 amide bonds. The van der Waals surface area contributed by atoms with Crippen LogP contribution in [0.2, 0.25) is 0 Å². The van der Waals surface area contributed by atoms with Crippen LogP contribution < -0.4 is 0 Å². The summed E-state index contributed by atoms with van der Waals surface area (Å²) >= 11 is 0. The minimum atomic E-state index is -0.377. The van der Waals surface area contributed by atoms with E-state index in [0.29, 0.717) is 18.7 Å². The highest BCUT2D eigenvalue weighted by Gasteiger charge is 2.45. The molecule has 2 aliphatic heterocycles. The monoisotopic (exact) mass is 357 g/mol. The normalized spacial score (nSPS) is 28.5. The molecule has 4 rings (SSSR count). The summed E-state index contributed by atoms with van der Waals surface area (Å²) < 4.78 is 6.10. The maximum atomic E-state index is 13.4. The number of carbonyl (C=O) groups excluding carboxylic acids is 1. The Morgan fingerprint density at radius 1 is 1.04 bits per heavy atom. The van der Waals surface area contributed by atoms with Gasteiger partial charge in [-0.15, -0.1) is 0 Å². The predicted octanol–water partition coefficient (Wildman–Crippen LogP) is 2.14. The van der Waals surface area contributed by atoms with Crippen molar-refractivity contribution in [3.05, 3.63) is 35.9 Å². The molecule has 0 N–H and O–H groups in total. The predicted molar refractivity (Wildman–Crippen MR) is 102 cm³/mol. The van der Waals surface area contributed by atoms with E-state index in [1.54, 1.807) is 0 Å². The first-order chi connectivity index (χ1) is 12.6. The summed E-state index contributed by atoms with van der Waals surface area (Å²) in [4.78, 5) is 20.3. The van der Waals surface area contributed by atoms with Gasteiger partial charge >= 0.3 is 0 Å². The first-order valence-electron chi connectivity index (χ1n) is 10.1. The van der Waals surface area contributed by atoms with Crippen LogP contribution in [0.5, 0.6) is 0 Å². The first-order valence-corrected chi connectivity index (χ1v) is 10.1. The van der Waals surface area contributed by atoms with Crippen molar-refractivity contribution in [2.24, 2.45) is 0 Å². The summed E-state index contributed by atoms with van der Waals surface area (Å²) in [5.41, 5.74) is 1.21. The van der Waals surface area contributed by atoms with Gasteiger partial charge in [0.05, 0.1) is 12.6 Å². The van der Waals surface area contributed by atoms with E-state index in [1.807, 2.05) is 11.0 Å². The van der Waals surface area contributed by atoms with Crippen molar-refractivity contribution in [1.29, 1.82) is 0 Å². The number of carbonyl (C=O) groups is 1. The lowest BCUT2D eigenvalue weighted by atomic mass is 9.96. The Balaban J connectivity index is 1.52. The molecule has 0 radical (unpaired) electrons. The number of rotatable bonds is 4. The zero-order valence-corrected chi connectivity index (χ0v) is 16.0. The molecule has 1 aliphatic carbocycles. The van der Waals surface area contributed by atoms with E-state index in [9.17, 15) is 4.79 Å². The first kappa shape index (κ1) is 18.0. The Bertz CT molecular complexity index is 609. The van der Waals surface area contributed by atoms with Crippen LogP contribution in [0.3, 0.4) is 0 Å². The molecule has 1 aromatic rings. The third-order valence-electron chi connectivity index (χ3n) is 6.05. The van der Waals surface area contributed by atoms with Gasteiger partial charge in [-0.2, -0.15) is 0 Å². The van der Waals surface area contributed by atoms with Crippen LogP contribution in [0, 0.1) is 0 Å². The lowest BCUT2D eigenvalue weighted by Crippen LogP contribution is -2.57. The van der Waals surface area contributed by atoms with Crippen molar-refractivity contribution in [2.45, 2.75) is 50.9 Å². The van der Waals surface area contributed by atoms with Gasteiger partial charge in [-0.05, 0) is 32.3 Å². The molecule has 0 spiro atoms. The van der Waals surface area contributed by atoms with E-state index in [-0.39, 0.29) is 18.1 Å². The number of benzene rings is 1. The molecule has 2 saturated heterocycles. The fourth-order valence-corrected chi connectivity index (χ4v) is 4.37. The second-order valence-corrected chi connectivity index (χ2v) is 8.07. The van der Waals surface area contributed by atoms with Gasteiger partial charge in [-0.3, -0.25) is 14.6 Å². The second kappa shape index (κ2) is 7.67. The number of piperazine rings is 1. The maximum Gasteiger partial charge on any atom is 0.253 e. The molecule has 0 aromatic heterocycles. The van der Waals surface area contributed by atoms with Crippen molar-refractivity contribution in [3.8, 4) is 0 Å². The van der Waals surface area contributed by atoms with E-state index in [0.717, 1.165) is 32.7 Å². The van der Waals surface area contributed by atoms with Gasteiger partial charge < -0.3 is 9.64 Å². The van der Waals surface area contributed by atoms with Crippen LogP contribution in [-0.4, -0.2) is 78.1 Å². The summed E-state index contributed by atoms with van der Waals surface area (Å²) in [5.74, 6) is 0.174. The third kappa shape index (κ3) is 3.66. The minimum Gasteiger partial charge on any atom is -0.365 e. The number of hydrogen-bond donors (Lipinski definition) is 0. The van der Waals surface area contributed by atoms with Crippen LogP contribution in [0.1, 0.15) is 38.3 Å². The molecule has 3 aliphatic rings. The van der Waals surface area contributed by atoms with Gasteiger partial charge in [0.25, 0.3) is 5.91 Å². The fraction of sp³-hybridized carbons (Fsp3) is 0.667. The number of morpholine rings is 1. The van der Waals surface area contributed by atoms with Crippen LogP contribution in [0.25, 0.3) is 0 Å². The van der Waals surface area contributed by atoms with Crippen LogP contribution in [0.15, 0.2) is 30.3 Å². The topological polar surface area (TPSA) is 36.0 Å². The Morgan fingerprint density at radius 3 is 2.35 bits per heavy atom. The van der Waals surface area contributed by atoms with Gasteiger partial charge in [0, 0.05) is 44.8 Å². The summed E-state index contributed by atoms with van der Waals surface area (Å²) in [7, 11) is 0. The highest BCUT2D eigenvalue weighted by molar-refractivity contribution is 5.82. The zero-order valence-electron chi connectivity index (χ0n) is 16.0. The van der Waals surface area contributed by atoms with Crippen molar-refractivity contribution in [3.63, 3.8) is 0 Å². The van der Waals surface area contributed by atoms with Crippen molar-refractivity contribution in [2.75, 3.05) is 39.3 Å². The summed E-state index contributed by atoms with van der Waals surface area (Å²) in [6, 6.07) is 11.7. The smallest absolute Gasteiger partial charge is 0.253 e. The highest BCUT2D eigenvalue weighted by atomic mass is 16.5. The molecule has 2 atom stereocenters. The molecule has 5 nitrogen and oxygen atoms in total. The second-order valence-electron chi connectivity index (χ2n) is 8.07. The lowest BCUT2D eigenvalue weighted by Gasteiger charge is -2.44. The van der Waals surface area contributed by atoms with Crippen LogP contribution >= 0.6 is 0 Å². The molecule has 1 aromatic carbocycles. The number of nitrogens with zero attached hydrogens (tertiary/aromatic N) is 3.